The third kappa shape index (κ3) is 14.4. The van der Waals surface area contributed by atoms with E-state index in [0.29, 0.717) is 0 Å². The van der Waals surface area contributed by atoms with E-state index in [9.17, 15) is 0 Å². The third-order valence-electron chi connectivity index (χ3n) is 2.85. The number of halogens is 1. The lowest BCUT2D eigenvalue weighted by molar-refractivity contribution is -0.0827. The molecule has 0 aromatic heterocycles. The minimum absolute atomic E-state index is 0. The Balaban J connectivity index is 0. The molecule has 0 aliphatic carbocycles. The zero-order chi connectivity index (χ0) is 12.8. The Hall–Kier alpha value is 0.387. The van der Waals surface area contributed by atoms with Crippen molar-refractivity contribution in [3.8, 4) is 0 Å². The minimum Gasteiger partial charge on any atom is -0.357 e. The number of ether oxygens (including phenoxy) is 2. The van der Waals surface area contributed by atoms with E-state index in [2.05, 4.69) is 0 Å². The molecule has 0 aliphatic rings. The fourth-order valence-electron chi connectivity index (χ4n) is 1.93. The molecule has 0 unspecified atom stereocenters. The molecule has 112 valence electrons. The van der Waals surface area contributed by atoms with Crippen LogP contribution in [0.3, 0.4) is 0 Å². The standard InChI is InChI=1S/C13H31NO2Si.ClH/c1-3-15-13(16-4-2)17-12-10-8-6-5-7-9-11-14;/h13H,3-12,14,17H2,1-2H3;1H. The lowest BCUT2D eigenvalue weighted by atomic mass is 10.1. The first kappa shape index (κ1) is 20.7. The summed E-state index contributed by atoms with van der Waals surface area (Å²) in [5.41, 5.74) is 5.46. The van der Waals surface area contributed by atoms with Gasteiger partial charge in [-0.2, -0.15) is 0 Å². The van der Waals surface area contributed by atoms with Gasteiger partial charge in [0.05, 0.1) is 9.52 Å². The fourth-order valence-corrected chi connectivity index (χ4v) is 3.71. The molecule has 0 aliphatic heterocycles. The maximum absolute atomic E-state index is 5.57. The van der Waals surface area contributed by atoms with Crippen LogP contribution >= 0.6 is 12.4 Å². The zero-order valence-corrected chi connectivity index (χ0v) is 14.4. The number of hydrogen-bond acceptors (Lipinski definition) is 3. The van der Waals surface area contributed by atoms with Gasteiger partial charge in [0, 0.05) is 13.2 Å². The lowest BCUT2D eigenvalue weighted by Gasteiger charge is -2.16. The summed E-state index contributed by atoms with van der Waals surface area (Å²) in [5, 5.41) is 0. The number of unbranched alkanes of at least 4 members (excludes halogenated alkanes) is 5. The van der Waals surface area contributed by atoms with Crippen LogP contribution in [0.2, 0.25) is 6.04 Å². The van der Waals surface area contributed by atoms with Crippen LogP contribution in [0.15, 0.2) is 0 Å². The van der Waals surface area contributed by atoms with Crippen molar-refractivity contribution in [1.82, 2.24) is 0 Å². The van der Waals surface area contributed by atoms with Crippen LogP contribution in [0.4, 0.5) is 0 Å². The van der Waals surface area contributed by atoms with Crippen LogP contribution in [0.5, 0.6) is 0 Å². The van der Waals surface area contributed by atoms with Crippen LogP contribution in [-0.4, -0.2) is 35.2 Å². The van der Waals surface area contributed by atoms with Crippen molar-refractivity contribution in [3.05, 3.63) is 0 Å². The normalized spacial score (nSPS) is 11.3. The maximum Gasteiger partial charge on any atom is 0.134 e. The molecule has 5 heteroatoms. The first-order chi connectivity index (χ1) is 8.35. The molecule has 0 aromatic rings. The Bertz CT molecular complexity index is 147. The maximum atomic E-state index is 5.57. The summed E-state index contributed by atoms with van der Waals surface area (Å²) in [5.74, 6) is 0.155. The molecular formula is C13H32ClNO2Si. The molecule has 0 saturated heterocycles. The van der Waals surface area contributed by atoms with E-state index in [-0.39, 0.29) is 27.8 Å². The highest BCUT2D eigenvalue weighted by Crippen LogP contribution is 2.08. The van der Waals surface area contributed by atoms with Crippen molar-refractivity contribution >= 4 is 21.9 Å². The molecular weight excluding hydrogens is 266 g/mol. The van der Waals surface area contributed by atoms with Crippen molar-refractivity contribution in [3.63, 3.8) is 0 Å². The SMILES string of the molecule is CCOC(OCC)[SiH2]CCCCCCCCN.Cl. The molecule has 0 amide bonds. The van der Waals surface area contributed by atoms with Gasteiger partial charge in [-0.15, -0.1) is 12.4 Å². The zero-order valence-electron chi connectivity index (χ0n) is 12.2. The van der Waals surface area contributed by atoms with Crippen molar-refractivity contribution in [2.45, 2.75) is 64.3 Å². The van der Waals surface area contributed by atoms with Crippen LogP contribution in [-0.2, 0) is 9.47 Å². The molecule has 0 aromatic carbocycles. The van der Waals surface area contributed by atoms with E-state index in [1.807, 2.05) is 13.8 Å². The molecule has 0 spiro atoms. The van der Waals surface area contributed by atoms with Crippen molar-refractivity contribution in [2.75, 3.05) is 19.8 Å². The van der Waals surface area contributed by atoms with Gasteiger partial charge in [0.15, 0.2) is 0 Å². The van der Waals surface area contributed by atoms with E-state index in [1.165, 1.54) is 44.6 Å². The van der Waals surface area contributed by atoms with Crippen LogP contribution < -0.4 is 5.73 Å². The second-order valence-corrected chi connectivity index (χ2v) is 6.34. The summed E-state index contributed by atoms with van der Waals surface area (Å²) in [4.78, 5) is 0. The molecule has 3 nitrogen and oxygen atoms in total. The number of hydrogen-bond donors (Lipinski definition) is 1. The van der Waals surface area contributed by atoms with Gasteiger partial charge in [0.25, 0.3) is 0 Å². The molecule has 0 bridgehead atoms. The van der Waals surface area contributed by atoms with Gasteiger partial charge >= 0.3 is 0 Å². The van der Waals surface area contributed by atoms with E-state index in [0.717, 1.165) is 19.8 Å². The lowest BCUT2D eigenvalue weighted by Crippen LogP contribution is -2.24. The first-order valence-corrected chi connectivity index (χ1v) is 9.10. The summed E-state index contributed by atoms with van der Waals surface area (Å²) < 4.78 is 11.1. The highest BCUT2D eigenvalue weighted by Gasteiger charge is 2.07. The Morgan fingerprint density at radius 1 is 0.889 bits per heavy atom. The third-order valence-corrected chi connectivity index (χ3v) is 4.70. The average molecular weight is 298 g/mol. The van der Waals surface area contributed by atoms with Gasteiger partial charge < -0.3 is 15.2 Å². The molecule has 18 heavy (non-hydrogen) atoms. The number of rotatable bonds is 13. The highest BCUT2D eigenvalue weighted by atomic mass is 35.5. The molecule has 0 saturated carbocycles. The van der Waals surface area contributed by atoms with E-state index in [4.69, 9.17) is 15.2 Å². The van der Waals surface area contributed by atoms with E-state index < -0.39 is 0 Å². The van der Waals surface area contributed by atoms with E-state index >= 15 is 0 Å². The number of nitrogens with two attached hydrogens (primary N) is 1. The van der Waals surface area contributed by atoms with Crippen molar-refractivity contribution in [1.29, 1.82) is 0 Å². The molecule has 0 heterocycles. The topological polar surface area (TPSA) is 44.5 Å². The molecule has 0 rings (SSSR count). The van der Waals surface area contributed by atoms with Gasteiger partial charge in [-0.25, -0.2) is 0 Å². The van der Waals surface area contributed by atoms with Gasteiger partial charge in [-0.3, -0.25) is 0 Å². The predicted octanol–water partition coefficient (Wildman–Crippen LogP) is 2.65. The van der Waals surface area contributed by atoms with Crippen molar-refractivity contribution < 1.29 is 9.47 Å². The smallest absolute Gasteiger partial charge is 0.134 e. The highest BCUT2D eigenvalue weighted by molar-refractivity contribution is 6.36. The summed E-state index contributed by atoms with van der Waals surface area (Å²) in [6.45, 7) is 6.47. The second-order valence-electron chi connectivity index (χ2n) is 4.39. The largest absolute Gasteiger partial charge is 0.357 e. The summed E-state index contributed by atoms with van der Waals surface area (Å²) >= 11 is 0. The van der Waals surface area contributed by atoms with Crippen LogP contribution in [0, 0.1) is 0 Å². The molecule has 0 radical (unpaired) electrons. The van der Waals surface area contributed by atoms with E-state index in [1.54, 1.807) is 0 Å². The summed E-state index contributed by atoms with van der Waals surface area (Å²) in [6.07, 6.45) is 7.91. The minimum atomic E-state index is -0.205. The van der Waals surface area contributed by atoms with Gasteiger partial charge in [-0.1, -0.05) is 38.1 Å². The second kappa shape index (κ2) is 17.4. The van der Waals surface area contributed by atoms with Crippen LogP contribution in [0.25, 0.3) is 0 Å². The van der Waals surface area contributed by atoms with Crippen molar-refractivity contribution in [2.24, 2.45) is 5.73 Å². The quantitative estimate of drug-likeness (QED) is 0.323. The predicted molar refractivity (Wildman–Crippen MR) is 84.4 cm³/mol. The summed E-state index contributed by atoms with van der Waals surface area (Å²) in [6, 6.07) is 1.35. The average Bonchev–Trinajstić information content (AvgIpc) is 2.33. The summed E-state index contributed by atoms with van der Waals surface area (Å²) in [7, 11) is -0.205. The molecule has 0 atom stereocenters. The van der Waals surface area contributed by atoms with Gasteiger partial charge in [-0.05, 0) is 26.8 Å². The molecule has 0 fully saturated rings. The van der Waals surface area contributed by atoms with Crippen LogP contribution in [0.1, 0.15) is 52.4 Å². The Morgan fingerprint density at radius 2 is 1.39 bits per heavy atom. The monoisotopic (exact) mass is 297 g/mol. The van der Waals surface area contributed by atoms with Gasteiger partial charge in [0.2, 0.25) is 0 Å². The first-order valence-electron chi connectivity index (χ1n) is 7.28. The Morgan fingerprint density at radius 3 is 1.89 bits per heavy atom. The Labute approximate surface area is 121 Å². The Kier molecular flexibility index (Phi) is 20.0. The van der Waals surface area contributed by atoms with Gasteiger partial charge in [0.1, 0.15) is 5.91 Å². The molecule has 2 N–H and O–H groups in total. The fraction of sp³-hybridized carbons (Fsp3) is 1.00.